The normalized spacial score (nSPS) is 22.9. The van der Waals surface area contributed by atoms with Crippen molar-refractivity contribution in [3.63, 3.8) is 0 Å². The van der Waals surface area contributed by atoms with Crippen molar-refractivity contribution in [3.8, 4) is 5.75 Å². The van der Waals surface area contributed by atoms with Crippen molar-refractivity contribution in [1.82, 2.24) is 4.90 Å². The summed E-state index contributed by atoms with van der Waals surface area (Å²) in [4.78, 5) is 2.66. The maximum atomic E-state index is 9.29. The van der Waals surface area contributed by atoms with Gasteiger partial charge in [0.05, 0.1) is 0 Å². The van der Waals surface area contributed by atoms with Crippen LogP contribution < -0.4 is 0 Å². The van der Waals surface area contributed by atoms with Crippen molar-refractivity contribution in [2.45, 2.75) is 52.0 Å². The molecule has 0 amide bonds. The van der Waals surface area contributed by atoms with Crippen molar-refractivity contribution in [3.05, 3.63) is 29.8 Å². The molecule has 1 aliphatic rings. The van der Waals surface area contributed by atoms with E-state index in [1.165, 1.54) is 44.3 Å². The number of benzene rings is 1. The van der Waals surface area contributed by atoms with E-state index in [4.69, 9.17) is 0 Å². The summed E-state index contributed by atoms with van der Waals surface area (Å²) >= 11 is 0. The van der Waals surface area contributed by atoms with Gasteiger partial charge in [-0.15, -0.1) is 0 Å². The Morgan fingerprint density at radius 1 is 1.21 bits per heavy atom. The number of rotatable bonds is 4. The third-order valence-corrected chi connectivity index (χ3v) is 4.46. The van der Waals surface area contributed by atoms with Gasteiger partial charge in [-0.1, -0.05) is 19.1 Å². The number of nitrogens with zero attached hydrogens (tertiary/aromatic N) is 1. The summed E-state index contributed by atoms with van der Waals surface area (Å²) in [5.41, 5.74) is 1.33. The largest absolute Gasteiger partial charge is 0.508 e. The molecule has 106 valence electrons. The van der Waals surface area contributed by atoms with Crippen molar-refractivity contribution >= 4 is 0 Å². The molecule has 2 rings (SSSR count). The second kappa shape index (κ2) is 6.95. The molecular weight excluding hydrogens is 234 g/mol. The Bertz CT molecular complexity index is 373. The molecule has 1 N–H and O–H groups in total. The van der Waals surface area contributed by atoms with Gasteiger partial charge in [0.2, 0.25) is 0 Å². The standard InChI is InChI=1S/C17H27NO/c1-14-4-3-12-18(13-11-14)15(2)5-6-16-7-9-17(19)10-8-16/h7-10,14-15,19H,3-6,11-13H2,1-2H3. The van der Waals surface area contributed by atoms with Crippen LogP contribution in [0.5, 0.6) is 5.75 Å². The highest BCUT2D eigenvalue weighted by molar-refractivity contribution is 5.25. The second-order valence-electron chi connectivity index (χ2n) is 6.13. The summed E-state index contributed by atoms with van der Waals surface area (Å²) in [6, 6.07) is 8.31. The van der Waals surface area contributed by atoms with Gasteiger partial charge >= 0.3 is 0 Å². The number of hydrogen-bond donors (Lipinski definition) is 1. The Morgan fingerprint density at radius 3 is 2.68 bits per heavy atom. The second-order valence-corrected chi connectivity index (χ2v) is 6.13. The molecule has 0 saturated carbocycles. The van der Waals surface area contributed by atoms with Crippen molar-refractivity contribution < 1.29 is 5.11 Å². The minimum absolute atomic E-state index is 0.360. The highest BCUT2D eigenvalue weighted by Gasteiger charge is 2.18. The lowest BCUT2D eigenvalue weighted by molar-refractivity contribution is 0.205. The Balaban J connectivity index is 1.80. The van der Waals surface area contributed by atoms with E-state index < -0.39 is 0 Å². The van der Waals surface area contributed by atoms with E-state index in [1.807, 2.05) is 12.1 Å². The highest BCUT2D eigenvalue weighted by Crippen LogP contribution is 2.20. The van der Waals surface area contributed by atoms with Crippen molar-refractivity contribution in [2.24, 2.45) is 5.92 Å². The predicted molar refractivity (Wildman–Crippen MR) is 80.5 cm³/mol. The van der Waals surface area contributed by atoms with E-state index >= 15 is 0 Å². The molecule has 0 aromatic heterocycles. The first-order valence-electron chi connectivity index (χ1n) is 7.67. The third kappa shape index (κ3) is 4.54. The van der Waals surface area contributed by atoms with E-state index in [0.29, 0.717) is 11.8 Å². The molecule has 0 bridgehead atoms. The molecule has 2 atom stereocenters. The van der Waals surface area contributed by atoms with Crippen LogP contribution in [0.4, 0.5) is 0 Å². The zero-order valence-electron chi connectivity index (χ0n) is 12.3. The number of phenolic OH excluding ortho intramolecular Hbond substituents is 1. The van der Waals surface area contributed by atoms with Gasteiger partial charge < -0.3 is 10.0 Å². The molecule has 1 fully saturated rings. The van der Waals surface area contributed by atoms with Gasteiger partial charge in [0.15, 0.2) is 0 Å². The summed E-state index contributed by atoms with van der Waals surface area (Å²) in [6.45, 7) is 7.26. The number of phenols is 1. The summed E-state index contributed by atoms with van der Waals surface area (Å²) in [7, 11) is 0. The Kier molecular flexibility index (Phi) is 5.26. The molecule has 0 radical (unpaired) electrons. The van der Waals surface area contributed by atoms with E-state index in [9.17, 15) is 5.11 Å². The number of likely N-dealkylation sites (tertiary alicyclic amines) is 1. The Hall–Kier alpha value is -1.02. The molecule has 0 spiro atoms. The summed E-state index contributed by atoms with van der Waals surface area (Å²) in [5, 5.41) is 9.29. The average molecular weight is 261 g/mol. The molecule has 2 nitrogen and oxygen atoms in total. The van der Waals surface area contributed by atoms with E-state index in [1.54, 1.807) is 12.1 Å². The fraction of sp³-hybridized carbons (Fsp3) is 0.647. The molecule has 1 saturated heterocycles. The van der Waals surface area contributed by atoms with E-state index in [0.717, 1.165) is 12.3 Å². The molecular formula is C17H27NO. The lowest BCUT2D eigenvalue weighted by atomic mass is 10.0. The molecule has 1 aromatic carbocycles. The smallest absolute Gasteiger partial charge is 0.115 e. The van der Waals surface area contributed by atoms with Gasteiger partial charge in [0.1, 0.15) is 5.75 Å². The third-order valence-electron chi connectivity index (χ3n) is 4.46. The maximum absolute atomic E-state index is 9.29. The summed E-state index contributed by atoms with van der Waals surface area (Å²) < 4.78 is 0. The molecule has 1 heterocycles. The topological polar surface area (TPSA) is 23.5 Å². The minimum atomic E-state index is 0.360. The van der Waals surface area contributed by atoms with Crippen LogP contribution in [0.2, 0.25) is 0 Å². The van der Waals surface area contributed by atoms with Crippen molar-refractivity contribution in [2.75, 3.05) is 13.1 Å². The van der Waals surface area contributed by atoms with Gasteiger partial charge in [-0.2, -0.15) is 0 Å². The molecule has 2 unspecified atom stereocenters. The van der Waals surface area contributed by atoms with E-state index in [-0.39, 0.29) is 0 Å². The van der Waals surface area contributed by atoms with Gasteiger partial charge in [-0.05, 0) is 75.7 Å². The fourth-order valence-corrected chi connectivity index (χ4v) is 2.95. The fourth-order valence-electron chi connectivity index (χ4n) is 2.95. The monoisotopic (exact) mass is 261 g/mol. The first-order valence-corrected chi connectivity index (χ1v) is 7.67. The number of hydrogen-bond acceptors (Lipinski definition) is 2. The van der Waals surface area contributed by atoms with Gasteiger partial charge in [-0.25, -0.2) is 0 Å². The van der Waals surface area contributed by atoms with Gasteiger partial charge in [0, 0.05) is 6.04 Å². The van der Waals surface area contributed by atoms with Crippen LogP contribution in [-0.2, 0) is 6.42 Å². The van der Waals surface area contributed by atoms with Gasteiger partial charge in [0.25, 0.3) is 0 Å². The molecule has 0 aliphatic carbocycles. The lowest BCUT2D eigenvalue weighted by Crippen LogP contribution is -2.34. The zero-order chi connectivity index (χ0) is 13.7. The van der Waals surface area contributed by atoms with Crippen LogP contribution >= 0.6 is 0 Å². The molecule has 2 heteroatoms. The highest BCUT2D eigenvalue weighted by atomic mass is 16.3. The van der Waals surface area contributed by atoms with Crippen LogP contribution in [-0.4, -0.2) is 29.1 Å². The van der Waals surface area contributed by atoms with Crippen molar-refractivity contribution in [1.29, 1.82) is 0 Å². The maximum Gasteiger partial charge on any atom is 0.115 e. The SMILES string of the molecule is CC1CCCN(C(C)CCc2ccc(O)cc2)CC1. The lowest BCUT2D eigenvalue weighted by Gasteiger charge is -2.27. The first-order chi connectivity index (χ1) is 9.15. The van der Waals surface area contributed by atoms with Crippen LogP contribution in [0, 0.1) is 5.92 Å². The molecule has 1 aromatic rings. The van der Waals surface area contributed by atoms with E-state index in [2.05, 4.69) is 18.7 Å². The Morgan fingerprint density at radius 2 is 1.95 bits per heavy atom. The average Bonchev–Trinajstić information content (AvgIpc) is 2.63. The quantitative estimate of drug-likeness (QED) is 0.890. The van der Waals surface area contributed by atoms with Crippen LogP contribution in [0.15, 0.2) is 24.3 Å². The summed E-state index contributed by atoms with van der Waals surface area (Å²) in [6.07, 6.45) is 6.40. The van der Waals surface area contributed by atoms with Crippen LogP contribution in [0.1, 0.15) is 45.1 Å². The van der Waals surface area contributed by atoms with Crippen LogP contribution in [0.3, 0.4) is 0 Å². The molecule has 1 aliphatic heterocycles. The summed E-state index contributed by atoms with van der Waals surface area (Å²) in [5.74, 6) is 1.26. The minimum Gasteiger partial charge on any atom is -0.508 e. The number of aryl methyl sites for hydroxylation is 1. The Labute approximate surface area is 117 Å². The van der Waals surface area contributed by atoms with Gasteiger partial charge in [-0.3, -0.25) is 0 Å². The zero-order valence-corrected chi connectivity index (χ0v) is 12.3. The van der Waals surface area contributed by atoms with Crippen LogP contribution in [0.25, 0.3) is 0 Å². The predicted octanol–water partition coefficient (Wildman–Crippen LogP) is 3.84. The molecule has 19 heavy (non-hydrogen) atoms. The number of aromatic hydroxyl groups is 1. The first kappa shape index (κ1) is 14.4.